The van der Waals surface area contributed by atoms with Gasteiger partial charge in [0.1, 0.15) is 0 Å². The van der Waals surface area contributed by atoms with Crippen LogP contribution in [0.15, 0.2) is 14.1 Å². The van der Waals surface area contributed by atoms with Crippen molar-refractivity contribution >= 4 is 5.91 Å². The highest BCUT2D eigenvalue weighted by Gasteiger charge is 2.27. The number of rotatable bonds is 4. The molecule has 1 aliphatic rings. The Labute approximate surface area is 143 Å². The molecule has 0 unspecified atom stereocenters. The number of nitrogens with zero attached hydrogens (tertiary/aromatic N) is 3. The van der Waals surface area contributed by atoms with Crippen molar-refractivity contribution in [2.45, 2.75) is 45.4 Å². The Morgan fingerprint density at radius 2 is 1.96 bits per heavy atom. The van der Waals surface area contributed by atoms with Crippen molar-refractivity contribution in [1.82, 2.24) is 25.0 Å². The number of carbonyl (C=O) groups excluding carboxylic acids is 1. The van der Waals surface area contributed by atoms with Gasteiger partial charge < -0.3 is 14.4 Å². The average Bonchev–Trinajstić information content (AvgIpc) is 3.00. The Morgan fingerprint density at radius 1 is 1.24 bits per heavy atom. The standard InChI is InChI=1S/C16H21N5O4/c1-9-12(14(23)19-16(24)17-9)3-4-13(22)21-7-5-11(6-8-21)15-18-10(2)20-25-15/h11H,3-8H2,1-2H3,(H2,17,19,23,24). The third-order valence-corrected chi connectivity index (χ3v) is 4.58. The Bertz CT molecular complexity index is 873. The van der Waals surface area contributed by atoms with E-state index in [1.54, 1.807) is 18.7 Å². The van der Waals surface area contributed by atoms with Crippen molar-refractivity contribution in [3.05, 3.63) is 43.8 Å². The molecule has 0 spiro atoms. The van der Waals surface area contributed by atoms with Crippen LogP contribution in [-0.2, 0) is 11.2 Å². The fraction of sp³-hybridized carbons (Fsp3) is 0.562. The normalized spacial score (nSPS) is 15.5. The van der Waals surface area contributed by atoms with Gasteiger partial charge in [0.15, 0.2) is 5.82 Å². The molecule has 25 heavy (non-hydrogen) atoms. The van der Waals surface area contributed by atoms with Crippen LogP contribution >= 0.6 is 0 Å². The van der Waals surface area contributed by atoms with E-state index in [1.807, 2.05) is 0 Å². The molecule has 1 aliphatic heterocycles. The maximum atomic E-state index is 12.4. The molecule has 134 valence electrons. The number of nitrogens with one attached hydrogen (secondary N) is 2. The molecule has 2 aromatic rings. The van der Waals surface area contributed by atoms with Gasteiger partial charge >= 0.3 is 5.69 Å². The van der Waals surface area contributed by atoms with E-state index in [0.29, 0.717) is 42.5 Å². The molecule has 1 saturated heterocycles. The lowest BCUT2D eigenvalue weighted by atomic mass is 9.96. The van der Waals surface area contributed by atoms with Crippen LogP contribution in [0.25, 0.3) is 0 Å². The molecule has 3 heterocycles. The summed E-state index contributed by atoms with van der Waals surface area (Å²) in [7, 11) is 0. The average molecular weight is 347 g/mol. The van der Waals surface area contributed by atoms with Crippen molar-refractivity contribution in [1.29, 1.82) is 0 Å². The molecule has 0 aromatic carbocycles. The highest BCUT2D eigenvalue weighted by molar-refractivity contribution is 5.76. The quantitative estimate of drug-likeness (QED) is 0.825. The van der Waals surface area contributed by atoms with Crippen molar-refractivity contribution in [3.8, 4) is 0 Å². The summed E-state index contributed by atoms with van der Waals surface area (Å²) in [6.07, 6.45) is 2.11. The van der Waals surface area contributed by atoms with Crippen LogP contribution in [0, 0.1) is 13.8 Å². The smallest absolute Gasteiger partial charge is 0.325 e. The lowest BCUT2D eigenvalue weighted by molar-refractivity contribution is -0.132. The number of H-pyrrole nitrogens is 2. The van der Waals surface area contributed by atoms with Crippen LogP contribution < -0.4 is 11.2 Å². The Hall–Kier alpha value is -2.71. The Balaban J connectivity index is 1.55. The first-order chi connectivity index (χ1) is 11.9. The molecule has 1 amide bonds. The number of piperidine rings is 1. The van der Waals surface area contributed by atoms with Gasteiger partial charge in [-0.25, -0.2) is 4.79 Å². The molecule has 0 atom stereocenters. The minimum absolute atomic E-state index is 0.00478. The number of amides is 1. The van der Waals surface area contributed by atoms with Gasteiger partial charge in [-0.3, -0.25) is 14.6 Å². The summed E-state index contributed by atoms with van der Waals surface area (Å²) in [4.78, 5) is 46.2. The number of aromatic nitrogens is 4. The third kappa shape index (κ3) is 3.86. The number of hydrogen-bond acceptors (Lipinski definition) is 6. The second kappa shape index (κ2) is 7.04. The molecule has 1 fully saturated rings. The molecule has 0 saturated carbocycles. The van der Waals surface area contributed by atoms with E-state index < -0.39 is 11.2 Å². The second-order valence-electron chi connectivity index (χ2n) is 6.35. The molecule has 9 nitrogen and oxygen atoms in total. The summed E-state index contributed by atoms with van der Waals surface area (Å²) in [6.45, 7) is 4.71. The molecule has 2 N–H and O–H groups in total. The summed E-state index contributed by atoms with van der Waals surface area (Å²) < 4.78 is 5.21. The number of carbonyl (C=O) groups is 1. The maximum Gasteiger partial charge on any atom is 0.325 e. The van der Waals surface area contributed by atoms with E-state index in [4.69, 9.17) is 4.52 Å². The fourth-order valence-corrected chi connectivity index (χ4v) is 3.17. The summed E-state index contributed by atoms with van der Waals surface area (Å²) in [5.74, 6) is 1.45. The van der Waals surface area contributed by atoms with Gasteiger partial charge in [-0.1, -0.05) is 5.16 Å². The predicted molar refractivity (Wildman–Crippen MR) is 88.3 cm³/mol. The van der Waals surface area contributed by atoms with Crippen molar-refractivity contribution in [3.63, 3.8) is 0 Å². The summed E-state index contributed by atoms with van der Waals surface area (Å²) in [5.41, 5.74) is -0.00775. The lowest BCUT2D eigenvalue weighted by Gasteiger charge is -2.30. The zero-order valence-electron chi connectivity index (χ0n) is 14.3. The first-order valence-electron chi connectivity index (χ1n) is 8.34. The minimum Gasteiger partial charge on any atom is -0.343 e. The lowest BCUT2D eigenvalue weighted by Crippen LogP contribution is -2.38. The molecule has 0 radical (unpaired) electrons. The van der Waals surface area contributed by atoms with Crippen LogP contribution in [0.1, 0.15) is 48.2 Å². The minimum atomic E-state index is -0.532. The zero-order chi connectivity index (χ0) is 18.0. The van der Waals surface area contributed by atoms with E-state index in [-0.39, 0.29) is 18.2 Å². The molecule has 9 heteroatoms. The number of likely N-dealkylation sites (tertiary alicyclic amines) is 1. The third-order valence-electron chi connectivity index (χ3n) is 4.58. The van der Waals surface area contributed by atoms with Crippen molar-refractivity contribution in [2.75, 3.05) is 13.1 Å². The van der Waals surface area contributed by atoms with Gasteiger partial charge in [-0.05, 0) is 33.1 Å². The van der Waals surface area contributed by atoms with E-state index in [1.165, 1.54) is 0 Å². The summed E-state index contributed by atoms with van der Waals surface area (Å²) in [6, 6.07) is 0. The number of aromatic amines is 2. The Morgan fingerprint density at radius 3 is 2.56 bits per heavy atom. The van der Waals surface area contributed by atoms with E-state index in [0.717, 1.165) is 12.8 Å². The van der Waals surface area contributed by atoms with E-state index in [2.05, 4.69) is 20.1 Å². The van der Waals surface area contributed by atoms with Gasteiger partial charge in [0.2, 0.25) is 11.8 Å². The summed E-state index contributed by atoms with van der Waals surface area (Å²) in [5, 5.41) is 3.81. The van der Waals surface area contributed by atoms with Crippen LogP contribution in [0.5, 0.6) is 0 Å². The van der Waals surface area contributed by atoms with Crippen molar-refractivity contribution < 1.29 is 9.32 Å². The SMILES string of the molecule is Cc1noc(C2CCN(C(=O)CCc3c(C)[nH]c(=O)[nH]c3=O)CC2)n1. The van der Waals surface area contributed by atoms with Crippen LogP contribution in [0.2, 0.25) is 0 Å². The highest BCUT2D eigenvalue weighted by atomic mass is 16.5. The first-order valence-corrected chi connectivity index (χ1v) is 8.34. The number of hydrogen-bond donors (Lipinski definition) is 2. The predicted octanol–water partition coefficient (Wildman–Crippen LogP) is 0.402. The van der Waals surface area contributed by atoms with Gasteiger partial charge in [-0.15, -0.1) is 0 Å². The number of aryl methyl sites for hydroxylation is 2. The monoisotopic (exact) mass is 347 g/mol. The Kier molecular flexibility index (Phi) is 4.82. The van der Waals surface area contributed by atoms with Crippen LogP contribution in [0.3, 0.4) is 0 Å². The molecular formula is C16H21N5O4. The first kappa shape index (κ1) is 17.1. The molecule has 0 bridgehead atoms. The fourth-order valence-electron chi connectivity index (χ4n) is 3.17. The largest absolute Gasteiger partial charge is 0.343 e. The van der Waals surface area contributed by atoms with Gasteiger partial charge in [-0.2, -0.15) is 4.98 Å². The molecular weight excluding hydrogens is 326 g/mol. The molecule has 3 rings (SSSR count). The zero-order valence-corrected chi connectivity index (χ0v) is 14.3. The van der Waals surface area contributed by atoms with Crippen molar-refractivity contribution in [2.24, 2.45) is 0 Å². The van der Waals surface area contributed by atoms with Crippen LogP contribution in [-0.4, -0.2) is 44.0 Å². The molecule has 2 aromatic heterocycles. The topological polar surface area (TPSA) is 125 Å². The van der Waals surface area contributed by atoms with Gasteiger partial charge in [0, 0.05) is 36.7 Å². The highest BCUT2D eigenvalue weighted by Crippen LogP contribution is 2.27. The molecule has 0 aliphatic carbocycles. The van der Waals surface area contributed by atoms with Gasteiger partial charge in [0.05, 0.1) is 0 Å². The van der Waals surface area contributed by atoms with Gasteiger partial charge in [0.25, 0.3) is 5.56 Å². The van der Waals surface area contributed by atoms with E-state index in [9.17, 15) is 14.4 Å². The maximum absolute atomic E-state index is 12.4. The van der Waals surface area contributed by atoms with E-state index >= 15 is 0 Å². The second-order valence-corrected chi connectivity index (χ2v) is 6.35. The van der Waals surface area contributed by atoms with Crippen LogP contribution in [0.4, 0.5) is 0 Å². The summed E-state index contributed by atoms with van der Waals surface area (Å²) >= 11 is 0.